The van der Waals surface area contributed by atoms with Gasteiger partial charge in [-0.2, -0.15) is 0 Å². The summed E-state index contributed by atoms with van der Waals surface area (Å²) in [6.45, 7) is 8.62. The van der Waals surface area contributed by atoms with Crippen molar-refractivity contribution in [1.82, 2.24) is 39.7 Å². The van der Waals surface area contributed by atoms with Gasteiger partial charge in [0.25, 0.3) is 11.8 Å². The molecule has 0 saturated heterocycles. The van der Waals surface area contributed by atoms with Crippen molar-refractivity contribution in [2.45, 2.75) is 103 Å². The van der Waals surface area contributed by atoms with Crippen molar-refractivity contribution in [3.8, 4) is 5.88 Å². The van der Waals surface area contributed by atoms with Gasteiger partial charge in [0.15, 0.2) is 0 Å². The molecule has 0 aliphatic heterocycles. The monoisotopic (exact) mass is 920 g/mol. The van der Waals surface area contributed by atoms with E-state index in [-0.39, 0.29) is 59.6 Å². The highest BCUT2D eigenvalue weighted by molar-refractivity contribution is 6.05. The summed E-state index contributed by atoms with van der Waals surface area (Å²) in [7, 11) is 1.60. The lowest BCUT2D eigenvalue weighted by atomic mass is 9.85. The fourth-order valence-corrected chi connectivity index (χ4v) is 8.70. The van der Waals surface area contributed by atoms with E-state index >= 15 is 0 Å². The number of nitrogens with zero attached hydrogens (tertiary/aromatic N) is 6. The van der Waals surface area contributed by atoms with E-state index in [2.05, 4.69) is 41.2 Å². The molecule has 8 rings (SSSR count). The lowest BCUT2D eigenvalue weighted by Crippen LogP contribution is -2.37. The van der Waals surface area contributed by atoms with Crippen molar-refractivity contribution in [2.24, 2.45) is 11.8 Å². The van der Waals surface area contributed by atoms with Crippen LogP contribution >= 0.6 is 0 Å². The molecule has 2 aliphatic rings. The van der Waals surface area contributed by atoms with Gasteiger partial charge in [-0.05, 0) is 134 Å². The van der Waals surface area contributed by atoms with E-state index in [9.17, 15) is 28.0 Å². The topological polar surface area (TPSA) is 196 Å². The predicted octanol–water partition coefficient (Wildman–Crippen LogP) is 8.18. The first-order chi connectivity index (χ1) is 32.3. The second-order valence-electron chi connectivity index (χ2n) is 17.6. The molecule has 4 aromatic heterocycles. The number of nitrogens with one attached hydrogen (secondary N) is 4. The summed E-state index contributed by atoms with van der Waals surface area (Å²) in [6, 6.07) is 14.8. The van der Waals surface area contributed by atoms with Crippen LogP contribution in [0.15, 0.2) is 79.3 Å². The Labute approximate surface area is 387 Å². The van der Waals surface area contributed by atoms with Gasteiger partial charge in [-0.25, -0.2) is 23.7 Å². The number of amides is 4. The van der Waals surface area contributed by atoms with Gasteiger partial charge in [-0.15, -0.1) is 0 Å². The Morgan fingerprint density at radius 1 is 0.642 bits per heavy atom. The van der Waals surface area contributed by atoms with Crippen LogP contribution in [0.5, 0.6) is 5.88 Å². The average molecular weight is 921 g/mol. The number of hydrogen-bond donors (Lipinski definition) is 4. The molecule has 16 nitrogen and oxygen atoms in total. The first-order valence-corrected chi connectivity index (χ1v) is 22.8. The zero-order valence-corrected chi connectivity index (χ0v) is 38.4. The second kappa shape index (κ2) is 22.1. The molecular weight excluding hydrogens is 863 g/mol. The summed E-state index contributed by atoms with van der Waals surface area (Å²) in [6.07, 6.45) is 11.1. The maximum absolute atomic E-state index is 13.3. The third-order valence-corrected chi connectivity index (χ3v) is 12.0. The lowest BCUT2D eigenvalue weighted by Gasteiger charge is -2.30. The number of ether oxygens (including phenoxy) is 2. The minimum absolute atomic E-state index is 0.00681. The molecule has 2 saturated carbocycles. The van der Waals surface area contributed by atoms with Gasteiger partial charge >= 0.3 is 0 Å². The van der Waals surface area contributed by atoms with Crippen LogP contribution in [0.1, 0.15) is 112 Å². The number of carbonyl (C=O) groups is 4. The molecule has 0 atom stereocenters. The van der Waals surface area contributed by atoms with E-state index in [4.69, 9.17) is 9.47 Å². The number of methoxy groups -OCH3 is 1. The van der Waals surface area contributed by atoms with Gasteiger partial charge in [0.05, 0.1) is 30.0 Å². The third kappa shape index (κ3) is 12.2. The number of aromatic nitrogens is 6. The van der Waals surface area contributed by atoms with E-state index in [1.165, 1.54) is 48.5 Å². The Balaban J connectivity index is 0.000000201. The highest BCUT2D eigenvalue weighted by Crippen LogP contribution is 2.39. The molecule has 18 heteroatoms. The molecule has 4 N–H and O–H groups in total. The summed E-state index contributed by atoms with van der Waals surface area (Å²) >= 11 is 0. The Morgan fingerprint density at radius 2 is 1.10 bits per heavy atom. The van der Waals surface area contributed by atoms with Gasteiger partial charge in [0, 0.05) is 66.5 Å². The summed E-state index contributed by atoms with van der Waals surface area (Å²) in [4.78, 5) is 68.3. The summed E-state index contributed by atoms with van der Waals surface area (Å²) in [5.41, 5.74) is 3.65. The quantitative estimate of drug-likeness (QED) is 0.0774. The van der Waals surface area contributed by atoms with Crippen LogP contribution in [-0.4, -0.2) is 85.1 Å². The Hall–Kier alpha value is -6.82. The molecule has 2 aliphatic carbocycles. The maximum Gasteiger partial charge on any atom is 0.257 e. The Bertz CT molecular complexity index is 2650. The molecule has 0 spiro atoms. The molecule has 4 heterocycles. The average Bonchev–Trinajstić information content (AvgIpc) is 3.86. The first kappa shape index (κ1) is 48.1. The Kier molecular flexibility index (Phi) is 15.9. The van der Waals surface area contributed by atoms with Crippen LogP contribution in [0, 0.1) is 23.5 Å². The number of carbonyl (C=O) groups excluding carboxylic acids is 4. The minimum Gasteiger partial charge on any atom is -0.475 e. The van der Waals surface area contributed by atoms with Gasteiger partial charge < -0.3 is 29.2 Å². The molecule has 354 valence electrons. The number of rotatable bonds is 14. The molecule has 2 aromatic carbocycles. The summed E-state index contributed by atoms with van der Waals surface area (Å²) in [5.74, 6) is -0.134. The van der Waals surface area contributed by atoms with Crippen molar-refractivity contribution in [1.29, 1.82) is 0 Å². The molecule has 6 aromatic rings. The Morgan fingerprint density at radius 3 is 1.57 bits per heavy atom. The summed E-state index contributed by atoms with van der Waals surface area (Å²) in [5, 5.41) is 11.8. The van der Waals surface area contributed by atoms with Gasteiger partial charge in [0.1, 0.15) is 29.3 Å². The standard InChI is InChI=1S/C26H32FN5O4.C23H26FN5O2/c1-16(2)29-24(33)18-6-10-20(11-7-18)32-22-14-23(36-13-12-35-3)28-15-21(22)30-26(32)31-25(34)17-4-8-19(27)9-5-17;1-14(2)26-21(30)16-5-9-18(10-6-16)29-20-11-12-25-13-19(20)27-23(29)28-22(31)15-3-7-17(24)8-4-15/h4-5,8-9,14-16,18,20H,6-7,10-13H2,1-3H3,(H,29,33)(H,30,31,34);3-4,7-8,11-14,16,18H,5-6,9-10H2,1-2H3,(H,26,30)(H,27,28,31). The van der Waals surface area contributed by atoms with Crippen LogP contribution in [0.4, 0.5) is 20.7 Å². The van der Waals surface area contributed by atoms with E-state index < -0.39 is 11.6 Å². The van der Waals surface area contributed by atoms with E-state index in [1.807, 2.05) is 49.0 Å². The van der Waals surface area contributed by atoms with Crippen molar-refractivity contribution in [3.05, 3.63) is 102 Å². The van der Waals surface area contributed by atoms with E-state index in [1.54, 1.807) is 25.7 Å². The number of fused-ring (bicyclic) bond motifs is 2. The maximum atomic E-state index is 13.3. The zero-order chi connectivity index (χ0) is 47.6. The highest BCUT2D eigenvalue weighted by atomic mass is 19.1. The molecule has 2 fully saturated rings. The molecular formula is C49H58F2N10O6. The van der Waals surface area contributed by atoms with Crippen LogP contribution in [0.3, 0.4) is 0 Å². The lowest BCUT2D eigenvalue weighted by molar-refractivity contribution is -0.127. The van der Waals surface area contributed by atoms with Crippen molar-refractivity contribution >= 4 is 57.6 Å². The second-order valence-corrected chi connectivity index (χ2v) is 17.6. The highest BCUT2D eigenvalue weighted by Gasteiger charge is 2.32. The zero-order valence-electron chi connectivity index (χ0n) is 38.4. The van der Waals surface area contributed by atoms with Crippen molar-refractivity contribution in [3.63, 3.8) is 0 Å². The minimum atomic E-state index is -0.413. The number of imidazole rings is 2. The van der Waals surface area contributed by atoms with Crippen LogP contribution in [-0.2, 0) is 14.3 Å². The van der Waals surface area contributed by atoms with E-state index in [0.29, 0.717) is 53.2 Å². The normalized spacial score (nSPS) is 18.3. The predicted molar refractivity (Wildman–Crippen MR) is 250 cm³/mol. The summed E-state index contributed by atoms with van der Waals surface area (Å²) < 4.78 is 41.3. The fourth-order valence-electron chi connectivity index (χ4n) is 8.70. The van der Waals surface area contributed by atoms with E-state index in [0.717, 1.165) is 62.4 Å². The molecule has 67 heavy (non-hydrogen) atoms. The number of anilines is 2. The number of pyridine rings is 2. The van der Waals surface area contributed by atoms with Crippen LogP contribution in [0.25, 0.3) is 22.1 Å². The largest absolute Gasteiger partial charge is 0.475 e. The van der Waals surface area contributed by atoms with Gasteiger partial charge in [0.2, 0.25) is 29.6 Å². The van der Waals surface area contributed by atoms with Crippen LogP contribution < -0.4 is 26.0 Å². The number of benzene rings is 2. The van der Waals surface area contributed by atoms with Crippen molar-refractivity contribution < 1.29 is 37.4 Å². The van der Waals surface area contributed by atoms with Gasteiger partial charge in [-0.1, -0.05) is 0 Å². The number of hydrogen-bond acceptors (Lipinski definition) is 10. The smallest absolute Gasteiger partial charge is 0.257 e. The first-order valence-electron chi connectivity index (χ1n) is 22.8. The fraction of sp³-hybridized carbons (Fsp3) is 0.429. The molecule has 0 unspecified atom stereocenters. The third-order valence-electron chi connectivity index (χ3n) is 12.0. The van der Waals surface area contributed by atoms with Crippen molar-refractivity contribution in [2.75, 3.05) is 31.0 Å². The molecule has 0 radical (unpaired) electrons. The number of halogens is 2. The SMILES string of the molecule is CC(C)NC(=O)C1CCC(n2c(NC(=O)c3ccc(F)cc3)nc3cnccc32)CC1.COCCOc1cc2c(cn1)nc(NC(=O)c1ccc(F)cc1)n2C1CCC(C(=O)NC(C)C)CC1. The molecule has 0 bridgehead atoms. The van der Waals surface area contributed by atoms with Gasteiger partial charge in [-0.3, -0.25) is 34.8 Å². The molecule has 4 amide bonds. The van der Waals surface area contributed by atoms with Crippen LogP contribution in [0.2, 0.25) is 0 Å².